The molecule has 0 aliphatic carbocycles. The first-order valence-electron chi connectivity index (χ1n) is 3.93. The maximum Gasteiger partial charge on any atom is 0.0457 e. The molecule has 1 nitrogen and oxygen atoms in total. The van der Waals surface area contributed by atoms with Crippen molar-refractivity contribution in [2.24, 2.45) is 0 Å². The van der Waals surface area contributed by atoms with Crippen LogP contribution in [0, 0.1) is 6.42 Å². The summed E-state index contributed by atoms with van der Waals surface area (Å²) in [7, 11) is 0. The highest BCUT2D eigenvalue weighted by Gasteiger charge is 1.99. The number of rotatable bonds is 2. The Morgan fingerprint density at radius 1 is 1.25 bits per heavy atom. The van der Waals surface area contributed by atoms with E-state index in [1.807, 2.05) is 24.8 Å². The summed E-state index contributed by atoms with van der Waals surface area (Å²) < 4.78 is 0. The summed E-state index contributed by atoms with van der Waals surface area (Å²) in [6.07, 6.45) is 5.79. The van der Waals surface area contributed by atoms with Gasteiger partial charge in [-0.2, -0.15) is 0 Å². The third kappa shape index (κ3) is 1.03. The number of aromatic amines is 1. The molecule has 1 heteroatoms. The van der Waals surface area contributed by atoms with Gasteiger partial charge in [0, 0.05) is 23.5 Å². The van der Waals surface area contributed by atoms with Crippen LogP contribution in [0.2, 0.25) is 0 Å². The molecule has 1 aromatic heterocycles. The van der Waals surface area contributed by atoms with Crippen molar-refractivity contribution < 1.29 is 0 Å². The summed E-state index contributed by atoms with van der Waals surface area (Å²) in [5.74, 6) is 0. The molecule has 1 N–H and O–H groups in total. The highest BCUT2D eigenvalue weighted by atomic mass is 14.7. The fraction of sp³-hybridized carbons (Fsp3) is 0. The zero-order chi connectivity index (χ0) is 8.39. The molecule has 0 spiro atoms. The molecule has 2 aromatic rings. The Balaban J connectivity index is 2.62. The smallest absolute Gasteiger partial charge is 0.0457 e. The molecule has 0 bridgehead atoms. The SMILES string of the molecule is C=C[CH]c1c[nH]c2ccccc12. The van der Waals surface area contributed by atoms with Crippen molar-refractivity contribution in [1.29, 1.82) is 0 Å². The minimum Gasteiger partial charge on any atom is -0.361 e. The highest BCUT2D eigenvalue weighted by molar-refractivity contribution is 5.84. The lowest BCUT2D eigenvalue weighted by Gasteiger charge is -1.91. The zero-order valence-corrected chi connectivity index (χ0v) is 6.75. The van der Waals surface area contributed by atoms with Crippen molar-refractivity contribution in [3.63, 3.8) is 0 Å². The van der Waals surface area contributed by atoms with Gasteiger partial charge in [0.15, 0.2) is 0 Å². The van der Waals surface area contributed by atoms with Crippen LogP contribution < -0.4 is 0 Å². The van der Waals surface area contributed by atoms with Crippen LogP contribution in [0.4, 0.5) is 0 Å². The average Bonchev–Trinajstić information content (AvgIpc) is 2.50. The largest absolute Gasteiger partial charge is 0.361 e. The second-order valence-electron chi connectivity index (χ2n) is 2.69. The topological polar surface area (TPSA) is 15.8 Å². The molecular weight excluding hydrogens is 146 g/mol. The van der Waals surface area contributed by atoms with Crippen LogP contribution in [0.5, 0.6) is 0 Å². The minimum atomic E-state index is 1.17. The Bertz CT molecular complexity index is 398. The van der Waals surface area contributed by atoms with Gasteiger partial charge in [-0.15, -0.1) is 6.58 Å². The van der Waals surface area contributed by atoms with E-state index in [-0.39, 0.29) is 0 Å². The monoisotopic (exact) mass is 156 g/mol. The van der Waals surface area contributed by atoms with Gasteiger partial charge < -0.3 is 4.98 Å². The van der Waals surface area contributed by atoms with Crippen molar-refractivity contribution in [2.45, 2.75) is 0 Å². The standard InChI is InChI=1S/C11H10N/c1-2-5-9-8-12-11-7-4-3-6-10(9)11/h2-8,12H,1H2. The number of aromatic nitrogens is 1. The molecule has 1 heterocycles. The first kappa shape index (κ1) is 7.17. The van der Waals surface area contributed by atoms with E-state index in [1.165, 1.54) is 16.5 Å². The molecule has 0 saturated heterocycles. The summed E-state index contributed by atoms with van der Waals surface area (Å²) in [5, 5.41) is 1.25. The van der Waals surface area contributed by atoms with Gasteiger partial charge in [0.2, 0.25) is 0 Å². The number of para-hydroxylation sites is 1. The molecule has 0 aliphatic heterocycles. The van der Waals surface area contributed by atoms with Crippen LogP contribution in [0.25, 0.3) is 10.9 Å². The molecule has 0 saturated carbocycles. The van der Waals surface area contributed by atoms with Gasteiger partial charge >= 0.3 is 0 Å². The maximum atomic E-state index is 3.67. The molecule has 0 fully saturated rings. The van der Waals surface area contributed by atoms with Gasteiger partial charge in [0.1, 0.15) is 0 Å². The highest BCUT2D eigenvalue weighted by Crippen LogP contribution is 2.18. The zero-order valence-electron chi connectivity index (χ0n) is 6.75. The van der Waals surface area contributed by atoms with E-state index in [2.05, 4.69) is 23.7 Å². The van der Waals surface area contributed by atoms with Crippen LogP contribution in [-0.2, 0) is 0 Å². The van der Waals surface area contributed by atoms with Crippen LogP contribution >= 0.6 is 0 Å². The lowest BCUT2D eigenvalue weighted by Crippen LogP contribution is -1.71. The fourth-order valence-corrected chi connectivity index (χ4v) is 1.36. The molecule has 1 radical (unpaired) electrons. The van der Waals surface area contributed by atoms with E-state index in [1.54, 1.807) is 6.08 Å². The van der Waals surface area contributed by atoms with Gasteiger partial charge in [-0.25, -0.2) is 0 Å². The number of H-pyrrole nitrogens is 1. The van der Waals surface area contributed by atoms with E-state index >= 15 is 0 Å². The Morgan fingerprint density at radius 2 is 2.08 bits per heavy atom. The van der Waals surface area contributed by atoms with E-state index in [0.29, 0.717) is 0 Å². The molecule has 1 aromatic carbocycles. The quantitative estimate of drug-likeness (QED) is 0.688. The van der Waals surface area contributed by atoms with Crippen molar-refractivity contribution in [3.8, 4) is 0 Å². The van der Waals surface area contributed by atoms with Crippen LogP contribution in [-0.4, -0.2) is 4.98 Å². The van der Waals surface area contributed by atoms with Gasteiger partial charge in [-0.3, -0.25) is 0 Å². The predicted octanol–water partition coefficient (Wildman–Crippen LogP) is 2.91. The van der Waals surface area contributed by atoms with Gasteiger partial charge in [0.05, 0.1) is 0 Å². The molecule has 59 valence electrons. The van der Waals surface area contributed by atoms with E-state index < -0.39 is 0 Å². The minimum absolute atomic E-state index is 1.17. The van der Waals surface area contributed by atoms with Crippen molar-refractivity contribution >= 4 is 10.9 Å². The van der Waals surface area contributed by atoms with Crippen LogP contribution in [0.3, 0.4) is 0 Å². The lowest BCUT2D eigenvalue weighted by atomic mass is 10.1. The summed E-state index contributed by atoms with van der Waals surface area (Å²) in [5.41, 5.74) is 2.37. The molecule has 0 unspecified atom stereocenters. The molecular formula is C11H10N. The van der Waals surface area contributed by atoms with Crippen molar-refractivity contribution in [1.82, 2.24) is 4.98 Å². The number of benzene rings is 1. The molecule has 0 amide bonds. The van der Waals surface area contributed by atoms with Gasteiger partial charge in [-0.05, 0) is 11.6 Å². The maximum absolute atomic E-state index is 3.67. The lowest BCUT2D eigenvalue weighted by molar-refractivity contribution is 1.45. The van der Waals surface area contributed by atoms with Crippen LogP contribution in [0.1, 0.15) is 5.56 Å². The number of hydrogen-bond donors (Lipinski definition) is 1. The van der Waals surface area contributed by atoms with E-state index in [4.69, 9.17) is 0 Å². The third-order valence-corrected chi connectivity index (χ3v) is 1.92. The normalized spacial score (nSPS) is 10.3. The Morgan fingerprint density at radius 3 is 2.92 bits per heavy atom. The second-order valence-corrected chi connectivity index (χ2v) is 2.69. The Labute approximate surface area is 71.7 Å². The number of nitrogens with one attached hydrogen (secondary N) is 1. The molecule has 2 rings (SSSR count). The number of fused-ring (bicyclic) bond motifs is 1. The Hall–Kier alpha value is -1.50. The second kappa shape index (κ2) is 2.86. The Kier molecular flexibility index (Phi) is 1.71. The molecule has 12 heavy (non-hydrogen) atoms. The van der Waals surface area contributed by atoms with Crippen LogP contribution in [0.15, 0.2) is 43.1 Å². The third-order valence-electron chi connectivity index (χ3n) is 1.92. The number of hydrogen-bond acceptors (Lipinski definition) is 0. The number of allylic oxidation sites excluding steroid dienone is 1. The summed E-state index contributed by atoms with van der Waals surface area (Å²) in [4.78, 5) is 3.19. The molecule has 0 atom stereocenters. The van der Waals surface area contributed by atoms with Gasteiger partial charge in [0.25, 0.3) is 0 Å². The molecule has 0 aliphatic rings. The van der Waals surface area contributed by atoms with Crippen molar-refractivity contribution in [3.05, 3.63) is 55.1 Å². The summed E-state index contributed by atoms with van der Waals surface area (Å²) >= 11 is 0. The average molecular weight is 156 g/mol. The van der Waals surface area contributed by atoms with E-state index in [0.717, 1.165) is 0 Å². The van der Waals surface area contributed by atoms with Gasteiger partial charge in [-0.1, -0.05) is 24.3 Å². The fourth-order valence-electron chi connectivity index (χ4n) is 1.36. The predicted molar refractivity (Wildman–Crippen MR) is 51.9 cm³/mol. The van der Waals surface area contributed by atoms with Crippen molar-refractivity contribution in [2.75, 3.05) is 0 Å². The first-order valence-corrected chi connectivity index (χ1v) is 3.93. The summed E-state index contributed by atoms with van der Waals surface area (Å²) in [6.45, 7) is 3.67. The van der Waals surface area contributed by atoms with E-state index in [9.17, 15) is 0 Å². The summed E-state index contributed by atoms with van der Waals surface area (Å²) in [6, 6.07) is 8.23. The first-order chi connectivity index (χ1) is 5.92.